The van der Waals surface area contributed by atoms with E-state index in [2.05, 4.69) is 10.6 Å². The Balaban J connectivity index is 1.97. The van der Waals surface area contributed by atoms with E-state index in [9.17, 15) is 18.0 Å². The molecule has 7 heteroatoms. The van der Waals surface area contributed by atoms with Crippen LogP contribution in [0.25, 0.3) is 0 Å². The molecule has 1 amide bonds. The van der Waals surface area contributed by atoms with Crippen molar-refractivity contribution in [3.63, 3.8) is 0 Å². The van der Waals surface area contributed by atoms with E-state index in [1.54, 1.807) is 18.2 Å². The second kappa shape index (κ2) is 5.21. The molecule has 2 N–H and O–H groups in total. The second-order valence-corrected chi connectivity index (χ2v) is 5.24. The smallest absolute Gasteiger partial charge is 0.361 e. The van der Waals surface area contributed by atoms with Crippen LogP contribution in [-0.4, -0.2) is 5.91 Å². The number of amides is 1. The molecule has 0 saturated carbocycles. The lowest BCUT2D eigenvalue weighted by Gasteiger charge is -2.29. The molecule has 0 aliphatic carbocycles. The number of hydrogen-bond acceptors (Lipinski definition) is 2. The molecule has 0 aromatic heterocycles. The predicted octanol–water partition coefficient (Wildman–Crippen LogP) is 4.21. The molecule has 0 radical (unpaired) electrons. The maximum atomic E-state index is 12.8. The minimum absolute atomic E-state index is 0.282. The standard InChI is InChI=1S/C15H10ClF3N2O/c16-10-5-2-6-11-12(10)14(22)21-13(20-11)8-3-1-4-9(7-8)15(17,18)19/h1-7,13,20H,(H,21,22). The molecule has 0 spiro atoms. The highest BCUT2D eigenvalue weighted by Crippen LogP contribution is 2.34. The number of rotatable bonds is 1. The van der Waals surface area contributed by atoms with Crippen molar-refractivity contribution in [2.24, 2.45) is 0 Å². The Labute approximate surface area is 129 Å². The minimum atomic E-state index is -4.43. The predicted molar refractivity (Wildman–Crippen MR) is 76.7 cm³/mol. The summed E-state index contributed by atoms with van der Waals surface area (Å²) in [5, 5.41) is 5.87. The molecule has 2 aromatic carbocycles. The van der Waals surface area contributed by atoms with Gasteiger partial charge < -0.3 is 10.6 Å². The monoisotopic (exact) mass is 326 g/mol. The number of hydrogen-bond donors (Lipinski definition) is 2. The number of nitrogens with one attached hydrogen (secondary N) is 2. The molecule has 0 fully saturated rings. The third-order valence-electron chi connectivity index (χ3n) is 3.36. The lowest BCUT2D eigenvalue weighted by molar-refractivity contribution is -0.137. The Hall–Kier alpha value is -2.21. The summed E-state index contributed by atoms with van der Waals surface area (Å²) in [5.74, 6) is -0.429. The Kier molecular flexibility index (Phi) is 3.48. The van der Waals surface area contributed by atoms with Gasteiger partial charge in [0.25, 0.3) is 5.91 Å². The number of alkyl halides is 3. The van der Waals surface area contributed by atoms with Crippen molar-refractivity contribution in [2.75, 3.05) is 5.32 Å². The molecule has 22 heavy (non-hydrogen) atoms. The van der Waals surface area contributed by atoms with Crippen molar-refractivity contribution in [3.8, 4) is 0 Å². The first-order valence-corrected chi connectivity index (χ1v) is 6.77. The van der Waals surface area contributed by atoms with Gasteiger partial charge in [-0.05, 0) is 29.8 Å². The molecule has 1 aliphatic heterocycles. The van der Waals surface area contributed by atoms with E-state index in [1.165, 1.54) is 12.1 Å². The van der Waals surface area contributed by atoms with Gasteiger partial charge in [0.2, 0.25) is 0 Å². The van der Waals surface area contributed by atoms with Gasteiger partial charge in [-0.1, -0.05) is 29.8 Å². The molecule has 3 nitrogen and oxygen atoms in total. The van der Waals surface area contributed by atoms with Crippen LogP contribution in [0.5, 0.6) is 0 Å². The highest BCUT2D eigenvalue weighted by Gasteiger charge is 2.32. The summed E-state index contributed by atoms with van der Waals surface area (Å²) in [7, 11) is 0. The molecule has 114 valence electrons. The van der Waals surface area contributed by atoms with E-state index in [-0.39, 0.29) is 10.6 Å². The quantitative estimate of drug-likeness (QED) is 0.824. The number of carbonyl (C=O) groups excluding carboxylic acids is 1. The molecule has 1 atom stereocenters. The van der Waals surface area contributed by atoms with Crippen LogP contribution in [0.1, 0.15) is 27.7 Å². The fourth-order valence-electron chi connectivity index (χ4n) is 2.33. The van der Waals surface area contributed by atoms with Crippen molar-refractivity contribution in [2.45, 2.75) is 12.3 Å². The van der Waals surface area contributed by atoms with Crippen LogP contribution in [0.4, 0.5) is 18.9 Å². The number of carbonyl (C=O) groups is 1. The molecule has 1 heterocycles. The summed E-state index contributed by atoms with van der Waals surface area (Å²) in [6.45, 7) is 0. The highest BCUT2D eigenvalue weighted by molar-refractivity contribution is 6.34. The normalized spacial score (nSPS) is 17.5. The maximum Gasteiger partial charge on any atom is 0.416 e. The number of anilines is 1. The number of halogens is 4. The molecule has 0 bridgehead atoms. The van der Waals surface area contributed by atoms with Crippen LogP contribution in [0.15, 0.2) is 42.5 Å². The Morgan fingerprint density at radius 2 is 1.77 bits per heavy atom. The van der Waals surface area contributed by atoms with Crippen LogP contribution in [0.2, 0.25) is 5.02 Å². The summed E-state index contributed by atoms with van der Waals surface area (Å²) in [5.41, 5.74) is 0.317. The first-order valence-electron chi connectivity index (χ1n) is 6.39. The van der Waals surface area contributed by atoms with Gasteiger partial charge in [0.15, 0.2) is 0 Å². The van der Waals surface area contributed by atoms with Crippen LogP contribution in [0.3, 0.4) is 0 Å². The number of benzene rings is 2. The largest absolute Gasteiger partial charge is 0.416 e. The summed E-state index contributed by atoms with van der Waals surface area (Å²) in [6.07, 6.45) is -5.18. The van der Waals surface area contributed by atoms with E-state index < -0.39 is 23.8 Å². The molecular weight excluding hydrogens is 317 g/mol. The van der Waals surface area contributed by atoms with Gasteiger partial charge in [-0.2, -0.15) is 13.2 Å². The van der Waals surface area contributed by atoms with Crippen molar-refractivity contribution in [1.82, 2.24) is 5.32 Å². The Morgan fingerprint density at radius 3 is 2.50 bits per heavy atom. The zero-order valence-electron chi connectivity index (χ0n) is 11.0. The van der Waals surface area contributed by atoms with E-state index in [0.717, 1.165) is 12.1 Å². The number of fused-ring (bicyclic) bond motifs is 1. The van der Waals surface area contributed by atoms with Crippen molar-refractivity contribution < 1.29 is 18.0 Å². The maximum absolute atomic E-state index is 12.8. The minimum Gasteiger partial charge on any atom is -0.361 e. The van der Waals surface area contributed by atoms with Crippen molar-refractivity contribution in [3.05, 3.63) is 64.2 Å². The lowest BCUT2D eigenvalue weighted by atomic mass is 10.0. The summed E-state index contributed by atoms with van der Waals surface area (Å²) in [4.78, 5) is 12.1. The molecule has 2 aromatic rings. The Bertz CT molecular complexity index is 746. The average Bonchev–Trinajstić information content (AvgIpc) is 2.46. The van der Waals surface area contributed by atoms with Gasteiger partial charge in [-0.25, -0.2) is 0 Å². The van der Waals surface area contributed by atoms with Gasteiger partial charge in [-0.15, -0.1) is 0 Å². The first-order chi connectivity index (χ1) is 10.4. The van der Waals surface area contributed by atoms with Crippen LogP contribution >= 0.6 is 11.6 Å². The van der Waals surface area contributed by atoms with E-state index in [1.807, 2.05) is 0 Å². The molecular formula is C15H10ClF3N2O. The second-order valence-electron chi connectivity index (χ2n) is 4.84. The van der Waals surface area contributed by atoms with Crippen LogP contribution < -0.4 is 10.6 Å². The highest BCUT2D eigenvalue weighted by atomic mass is 35.5. The zero-order chi connectivity index (χ0) is 15.9. The van der Waals surface area contributed by atoms with Crippen molar-refractivity contribution in [1.29, 1.82) is 0 Å². The lowest BCUT2D eigenvalue weighted by Crippen LogP contribution is -2.38. The van der Waals surface area contributed by atoms with E-state index in [0.29, 0.717) is 11.3 Å². The van der Waals surface area contributed by atoms with Gasteiger partial charge >= 0.3 is 6.18 Å². The van der Waals surface area contributed by atoms with E-state index in [4.69, 9.17) is 11.6 Å². The van der Waals surface area contributed by atoms with Crippen molar-refractivity contribution >= 4 is 23.2 Å². The third-order valence-corrected chi connectivity index (χ3v) is 3.68. The fraction of sp³-hybridized carbons (Fsp3) is 0.133. The van der Waals surface area contributed by atoms with Gasteiger partial charge in [0, 0.05) is 0 Å². The molecule has 1 unspecified atom stereocenters. The van der Waals surface area contributed by atoms with Gasteiger partial charge in [0.05, 0.1) is 21.8 Å². The topological polar surface area (TPSA) is 41.1 Å². The Morgan fingerprint density at radius 1 is 1.05 bits per heavy atom. The SMILES string of the molecule is O=C1NC(c2cccc(C(F)(F)F)c2)Nc2cccc(Cl)c21. The van der Waals surface area contributed by atoms with E-state index >= 15 is 0 Å². The molecule has 3 rings (SSSR count). The van der Waals surface area contributed by atoms with Gasteiger partial charge in [-0.3, -0.25) is 4.79 Å². The fourth-order valence-corrected chi connectivity index (χ4v) is 2.59. The van der Waals surface area contributed by atoms with Crippen LogP contribution in [-0.2, 0) is 6.18 Å². The average molecular weight is 327 g/mol. The first kappa shape index (κ1) is 14.7. The third kappa shape index (κ3) is 2.62. The summed E-state index contributed by atoms with van der Waals surface area (Å²) >= 11 is 5.97. The summed E-state index contributed by atoms with van der Waals surface area (Å²) < 4.78 is 38.3. The zero-order valence-corrected chi connectivity index (χ0v) is 11.8. The molecule has 0 saturated heterocycles. The van der Waals surface area contributed by atoms with Crippen LogP contribution in [0, 0.1) is 0 Å². The van der Waals surface area contributed by atoms with Gasteiger partial charge in [0.1, 0.15) is 6.17 Å². The summed E-state index contributed by atoms with van der Waals surface area (Å²) in [6, 6.07) is 9.71. The molecule has 1 aliphatic rings.